The molecule has 1 rings (SSSR count). The topological polar surface area (TPSA) is 36.7 Å². The Morgan fingerprint density at radius 3 is 2.67 bits per heavy atom. The van der Waals surface area contributed by atoms with E-state index in [-0.39, 0.29) is 12.1 Å². The maximum absolute atomic E-state index is 12.4. The van der Waals surface area contributed by atoms with Gasteiger partial charge in [-0.05, 0) is 33.1 Å². The highest BCUT2D eigenvalue weighted by molar-refractivity contribution is 9.10. The molecule has 0 aromatic carbocycles. The summed E-state index contributed by atoms with van der Waals surface area (Å²) in [6.07, 6.45) is -2.52. The van der Waals surface area contributed by atoms with Crippen LogP contribution in [0.5, 0.6) is 0 Å². The molecule has 1 aromatic rings. The molecule has 1 aromatic heterocycles. The predicted octanol–water partition coefficient (Wildman–Crippen LogP) is 3.74. The van der Waals surface area contributed by atoms with E-state index >= 15 is 0 Å². The Hall–Kier alpha value is -0.540. The average Bonchev–Trinajstić information content (AvgIpc) is 2.17. The molecule has 0 unspecified atom stereocenters. The number of nitrogens with zero attached hydrogens (tertiary/aromatic N) is 2. The van der Waals surface area contributed by atoms with E-state index in [0.717, 1.165) is 5.56 Å². The molecule has 0 fully saturated rings. The molecule has 0 aliphatic heterocycles. The largest absolute Gasteiger partial charge is 0.280 e. The van der Waals surface area contributed by atoms with Crippen molar-refractivity contribution in [3.05, 3.63) is 27.5 Å². The van der Waals surface area contributed by atoms with Gasteiger partial charge in [-0.15, -0.1) is 0 Å². The van der Waals surface area contributed by atoms with E-state index < -0.39 is 6.43 Å². The van der Waals surface area contributed by atoms with Crippen LogP contribution in [0.3, 0.4) is 0 Å². The Kier molecular flexibility index (Phi) is 4.61. The summed E-state index contributed by atoms with van der Waals surface area (Å²) >= 11 is 6.34. The second kappa shape index (κ2) is 5.52. The molecule has 0 bridgehead atoms. The maximum Gasteiger partial charge on any atom is 0.280 e. The van der Waals surface area contributed by atoms with Crippen molar-refractivity contribution < 1.29 is 8.78 Å². The van der Waals surface area contributed by atoms with Crippen LogP contribution in [0.4, 0.5) is 8.78 Å². The van der Waals surface area contributed by atoms with E-state index in [1.54, 1.807) is 0 Å². The lowest BCUT2D eigenvalue weighted by Gasteiger charge is -2.08. The summed E-state index contributed by atoms with van der Waals surface area (Å²) in [7, 11) is 0. The SMILES string of the molecule is N#CCc1cc(C(F)F)nc(Br)c1CBr. The van der Waals surface area contributed by atoms with Crippen LogP contribution in [0.25, 0.3) is 0 Å². The maximum atomic E-state index is 12.4. The first kappa shape index (κ1) is 12.5. The van der Waals surface area contributed by atoms with Crippen LogP contribution in [0, 0.1) is 11.3 Å². The first-order chi connectivity index (χ1) is 7.10. The minimum atomic E-state index is -2.62. The summed E-state index contributed by atoms with van der Waals surface area (Å²) < 4.78 is 25.2. The van der Waals surface area contributed by atoms with Crippen LogP contribution in [-0.4, -0.2) is 4.98 Å². The molecule has 0 atom stereocenters. The summed E-state index contributed by atoms with van der Waals surface area (Å²) in [6, 6.07) is 3.21. The molecule has 0 spiro atoms. The number of nitriles is 1. The van der Waals surface area contributed by atoms with E-state index in [0.29, 0.717) is 15.5 Å². The van der Waals surface area contributed by atoms with Crippen molar-refractivity contribution in [1.82, 2.24) is 4.98 Å². The molecular formula is C9H6Br2F2N2. The Morgan fingerprint density at radius 1 is 1.53 bits per heavy atom. The van der Waals surface area contributed by atoms with E-state index in [4.69, 9.17) is 5.26 Å². The average molecular weight is 340 g/mol. The summed E-state index contributed by atoms with van der Waals surface area (Å²) in [5.74, 6) is 0. The summed E-state index contributed by atoms with van der Waals surface area (Å²) in [4.78, 5) is 3.71. The quantitative estimate of drug-likeness (QED) is 0.621. The van der Waals surface area contributed by atoms with Gasteiger partial charge in [-0.3, -0.25) is 0 Å². The molecule has 0 saturated heterocycles. The fourth-order valence-corrected chi connectivity index (χ4v) is 2.71. The molecule has 0 saturated carbocycles. The number of halogens is 4. The Labute approximate surface area is 103 Å². The number of aromatic nitrogens is 1. The molecule has 0 aliphatic rings. The predicted molar refractivity (Wildman–Crippen MR) is 58.8 cm³/mol. The molecule has 0 radical (unpaired) electrons. The fourth-order valence-electron chi connectivity index (χ4n) is 1.11. The normalized spacial score (nSPS) is 10.4. The molecular weight excluding hydrogens is 334 g/mol. The van der Waals surface area contributed by atoms with E-state index in [1.165, 1.54) is 6.07 Å². The van der Waals surface area contributed by atoms with Crippen LogP contribution >= 0.6 is 31.9 Å². The minimum Gasteiger partial charge on any atom is -0.240 e. The zero-order chi connectivity index (χ0) is 11.4. The molecule has 80 valence electrons. The van der Waals surface area contributed by atoms with Crippen LogP contribution in [0.1, 0.15) is 23.2 Å². The lowest BCUT2D eigenvalue weighted by atomic mass is 10.1. The third-order valence-electron chi connectivity index (χ3n) is 1.81. The lowest BCUT2D eigenvalue weighted by Crippen LogP contribution is -2.00. The number of hydrogen-bond acceptors (Lipinski definition) is 2. The molecule has 0 N–H and O–H groups in total. The van der Waals surface area contributed by atoms with Gasteiger partial charge in [0, 0.05) is 5.33 Å². The van der Waals surface area contributed by atoms with E-state index in [1.807, 2.05) is 6.07 Å². The van der Waals surface area contributed by atoms with Gasteiger partial charge in [0.15, 0.2) is 0 Å². The Bertz CT molecular complexity index is 402. The lowest BCUT2D eigenvalue weighted by molar-refractivity contribution is 0.145. The first-order valence-corrected chi connectivity index (χ1v) is 5.90. The highest BCUT2D eigenvalue weighted by Gasteiger charge is 2.15. The van der Waals surface area contributed by atoms with Crippen LogP contribution in [0.2, 0.25) is 0 Å². The highest BCUT2D eigenvalue weighted by atomic mass is 79.9. The van der Waals surface area contributed by atoms with Gasteiger partial charge in [-0.1, -0.05) is 15.9 Å². The van der Waals surface area contributed by atoms with Gasteiger partial charge >= 0.3 is 0 Å². The summed E-state index contributed by atoms with van der Waals surface area (Å²) in [5.41, 5.74) is 1.00. The Morgan fingerprint density at radius 2 is 2.20 bits per heavy atom. The molecule has 1 heterocycles. The summed E-state index contributed by atoms with van der Waals surface area (Å²) in [6.45, 7) is 0. The van der Waals surface area contributed by atoms with Crippen molar-refractivity contribution in [2.24, 2.45) is 0 Å². The van der Waals surface area contributed by atoms with Gasteiger partial charge in [0.05, 0.1) is 12.5 Å². The van der Waals surface area contributed by atoms with E-state index in [9.17, 15) is 8.78 Å². The zero-order valence-corrected chi connectivity index (χ0v) is 10.6. The van der Waals surface area contributed by atoms with Crippen molar-refractivity contribution in [2.75, 3.05) is 0 Å². The first-order valence-electron chi connectivity index (χ1n) is 3.99. The Balaban J connectivity index is 3.26. The van der Waals surface area contributed by atoms with Crippen LogP contribution < -0.4 is 0 Å². The van der Waals surface area contributed by atoms with Crippen molar-refractivity contribution >= 4 is 31.9 Å². The fraction of sp³-hybridized carbons (Fsp3) is 0.333. The van der Waals surface area contributed by atoms with Crippen molar-refractivity contribution in [2.45, 2.75) is 18.2 Å². The van der Waals surface area contributed by atoms with Gasteiger partial charge in [0.25, 0.3) is 6.43 Å². The molecule has 6 heteroatoms. The van der Waals surface area contributed by atoms with Crippen molar-refractivity contribution in [3.63, 3.8) is 0 Å². The number of pyridine rings is 1. The smallest absolute Gasteiger partial charge is 0.240 e. The molecule has 0 aliphatic carbocycles. The number of hydrogen-bond donors (Lipinski definition) is 0. The standard InChI is InChI=1S/C9H6Br2F2N2/c10-4-6-5(1-2-14)3-7(9(12)13)15-8(6)11/h3,9H,1,4H2. The van der Waals surface area contributed by atoms with Gasteiger partial charge < -0.3 is 0 Å². The second-order valence-electron chi connectivity index (χ2n) is 2.74. The number of rotatable bonds is 3. The van der Waals surface area contributed by atoms with Crippen molar-refractivity contribution in [1.29, 1.82) is 5.26 Å². The van der Waals surface area contributed by atoms with E-state index in [2.05, 4.69) is 36.8 Å². The highest BCUT2D eigenvalue weighted by Crippen LogP contribution is 2.27. The zero-order valence-electron chi connectivity index (χ0n) is 7.48. The minimum absolute atomic E-state index is 0.0990. The third-order valence-corrected chi connectivity index (χ3v) is 3.03. The van der Waals surface area contributed by atoms with Gasteiger partial charge in [0.1, 0.15) is 10.3 Å². The van der Waals surface area contributed by atoms with Gasteiger partial charge in [-0.25, -0.2) is 13.8 Å². The molecule has 15 heavy (non-hydrogen) atoms. The van der Waals surface area contributed by atoms with Crippen molar-refractivity contribution in [3.8, 4) is 6.07 Å². The van der Waals surface area contributed by atoms with Gasteiger partial charge in [0.2, 0.25) is 0 Å². The van der Waals surface area contributed by atoms with Crippen LogP contribution in [0.15, 0.2) is 10.7 Å². The third kappa shape index (κ3) is 2.95. The number of alkyl halides is 3. The molecule has 2 nitrogen and oxygen atoms in total. The molecule has 0 amide bonds. The second-order valence-corrected chi connectivity index (χ2v) is 4.06. The summed E-state index contributed by atoms with van der Waals surface area (Å²) in [5, 5.41) is 9.04. The van der Waals surface area contributed by atoms with Crippen LogP contribution in [-0.2, 0) is 11.8 Å². The monoisotopic (exact) mass is 338 g/mol. The van der Waals surface area contributed by atoms with Gasteiger partial charge in [-0.2, -0.15) is 5.26 Å².